The van der Waals surface area contributed by atoms with Crippen molar-refractivity contribution in [3.63, 3.8) is 0 Å². The van der Waals surface area contributed by atoms with Gasteiger partial charge in [0.05, 0.1) is 6.54 Å². The summed E-state index contributed by atoms with van der Waals surface area (Å²) < 4.78 is 1.03. The molecule has 0 atom stereocenters. The summed E-state index contributed by atoms with van der Waals surface area (Å²) >= 11 is 3.43. The van der Waals surface area contributed by atoms with Gasteiger partial charge in [-0.05, 0) is 37.5 Å². The highest BCUT2D eigenvalue weighted by Crippen LogP contribution is 2.20. The van der Waals surface area contributed by atoms with Gasteiger partial charge in [-0.1, -0.05) is 22.0 Å². The lowest BCUT2D eigenvalue weighted by atomic mass is 10.2. The first-order valence-corrected chi connectivity index (χ1v) is 6.74. The van der Waals surface area contributed by atoms with Crippen LogP contribution in [0.5, 0.6) is 0 Å². The van der Waals surface area contributed by atoms with Gasteiger partial charge in [-0.15, -0.1) is 0 Å². The van der Waals surface area contributed by atoms with Crippen molar-refractivity contribution in [1.29, 1.82) is 0 Å². The van der Waals surface area contributed by atoms with E-state index in [0.717, 1.165) is 41.7 Å². The molecule has 92 valence electrons. The van der Waals surface area contributed by atoms with Crippen LogP contribution in [0.4, 0.5) is 5.69 Å². The molecular weight excluding hydrogens is 280 g/mol. The Hall–Kier alpha value is -1.03. The second kappa shape index (κ2) is 5.54. The van der Waals surface area contributed by atoms with E-state index in [1.54, 1.807) is 0 Å². The average Bonchev–Trinajstić information content (AvgIpc) is 2.83. The Morgan fingerprint density at radius 2 is 2.12 bits per heavy atom. The molecular formula is C13H17BrN2O. The summed E-state index contributed by atoms with van der Waals surface area (Å²) in [5.74, 6) is 0.196. The van der Waals surface area contributed by atoms with Crippen molar-refractivity contribution >= 4 is 27.5 Å². The standard InChI is InChI=1S/C13H17BrN2O/c1-10-4-5-11(14)8-12(10)15-9-13(17)16-6-2-3-7-16/h4-5,8,15H,2-3,6-7,9H2,1H3. The molecule has 1 heterocycles. The van der Waals surface area contributed by atoms with Gasteiger partial charge in [-0.25, -0.2) is 0 Å². The topological polar surface area (TPSA) is 32.3 Å². The Morgan fingerprint density at radius 3 is 2.82 bits per heavy atom. The number of carbonyl (C=O) groups excluding carboxylic acids is 1. The first-order chi connectivity index (χ1) is 8.16. The number of halogens is 1. The second-order valence-corrected chi connectivity index (χ2v) is 5.32. The molecule has 1 aromatic rings. The van der Waals surface area contributed by atoms with Crippen LogP contribution in [0.3, 0.4) is 0 Å². The van der Waals surface area contributed by atoms with Crippen molar-refractivity contribution in [1.82, 2.24) is 4.90 Å². The molecule has 2 rings (SSSR count). The maximum absolute atomic E-state index is 11.9. The molecule has 1 aliphatic rings. The van der Waals surface area contributed by atoms with E-state index in [0.29, 0.717) is 6.54 Å². The number of carbonyl (C=O) groups is 1. The van der Waals surface area contributed by atoms with Gasteiger partial charge in [0.1, 0.15) is 0 Å². The zero-order chi connectivity index (χ0) is 12.3. The lowest BCUT2D eigenvalue weighted by molar-refractivity contribution is -0.128. The van der Waals surface area contributed by atoms with E-state index >= 15 is 0 Å². The molecule has 3 nitrogen and oxygen atoms in total. The first-order valence-electron chi connectivity index (χ1n) is 5.94. The summed E-state index contributed by atoms with van der Waals surface area (Å²) in [6.45, 7) is 4.25. The van der Waals surface area contributed by atoms with E-state index in [9.17, 15) is 4.79 Å². The predicted molar refractivity (Wildman–Crippen MR) is 73.2 cm³/mol. The van der Waals surface area contributed by atoms with Crippen LogP contribution >= 0.6 is 15.9 Å². The minimum Gasteiger partial charge on any atom is -0.376 e. The Balaban J connectivity index is 1.92. The van der Waals surface area contributed by atoms with Crippen molar-refractivity contribution in [3.8, 4) is 0 Å². The van der Waals surface area contributed by atoms with Crippen LogP contribution in [-0.4, -0.2) is 30.4 Å². The minimum absolute atomic E-state index is 0.196. The maximum atomic E-state index is 11.9. The number of amides is 1. The summed E-state index contributed by atoms with van der Waals surface area (Å²) in [4.78, 5) is 13.8. The van der Waals surface area contributed by atoms with Crippen molar-refractivity contribution < 1.29 is 4.79 Å². The number of hydrogen-bond donors (Lipinski definition) is 1. The molecule has 0 radical (unpaired) electrons. The molecule has 0 bridgehead atoms. The van der Waals surface area contributed by atoms with E-state index in [1.165, 1.54) is 0 Å². The number of anilines is 1. The van der Waals surface area contributed by atoms with Gasteiger partial charge in [0, 0.05) is 23.2 Å². The van der Waals surface area contributed by atoms with E-state index in [4.69, 9.17) is 0 Å². The smallest absolute Gasteiger partial charge is 0.241 e. The SMILES string of the molecule is Cc1ccc(Br)cc1NCC(=O)N1CCCC1. The van der Waals surface area contributed by atoms with Gasteiger partial charge in [0.15, 0.2) is 0 Å². The molecule has 1 saturated heterocycles. The minimum atomic E-state index is 0.196. The molecule has 0 saturated carbocycles. The molecule has 1 aromatic carbocycles. The largest absolute Gasteiger partial charge is 0.376 e. The normalized spacial score (nSPS) is 15.1. The summed E-state index contributed by atoms with van der Waals surface area (Å²) in [6, 6.07) is 6.04. The highest BCUT2D eigenvalue weighted by atomic mass is 79.9. The Kier molecular flexibility index (Phi) is 4.05. The third-order valence-electron chi connectivity index (χ3n) is 3.09. The lowest BCUT2D eigenvalue weighted by Crippen LogP contribution is -2.33. The number of benzene rings is 1. The molecule has 4 heteroatoms. The quantitative estimate of drug-likeness (QED) is 0.930. The van der Waals surface area contributed by atoms with Crippen LogP contribution in [0.25, 0.3) is 0 Å². The molecule has 0 spiro atoms. The average molecular weight is 297 g/mol. The molecule has 1 fully saturated rings. The number of rotatable bonds is 3. The number of aryl methyl sites for hydroxylation is 1. The van der Waals surface area contributed by atoms with E-state index in [1.807, 2.05) is 30.0 Å². The summed E-state index contributed by atoms with van der Waals surface area (Å²) in [5, 5.41) is 3.21. The van der Waals surface area contributed by atoms with Gasteiger partial charge in [0.25, 0.3) is 0 Å². The molecule has 0 aromatic heterocycles. The summed E-state index contributed by atoms with van der Waals surface area (Å²) in [5.41, 5.74) is 2.18. The first kappa shape index (κ1) is 12.4. The van der Waals surface area contributed by atoms with Crippen molar-refractivity contribution in [3.05, 3.63) is 28.2 Å². The van der Waals surface area contributed by atoms with E-state index in [-0.39, 0.29) is 5.91 Å². The highest BCUT2D eigenvalue weighted by molar-refractivity contribution is 9.10. The number of nitrogens with one attached hydrogen (secondary N) is 1. The third kappa shape index (κ3) is 3.22. The van der Waals surface area contributed by atoms with Gasteiger partial charge in [-0.2, -0.15) is 0 Å². The number of likely N-dealkylation sites (tertiary alicyclic amines) is 1. The van der Waals surface area contributed by atoms with Crippen LogP contribution in [-0.2, 0) is 4.79 Å². The van der Waals surface area contributed by atoms with Gasteiger partial charge >= 0.3 is 0 Å². The Bertz CT molecular complexity index is 414. The second-order valence-electron chi connectivity index (χ2n) is 4.40. The third-order valence-corrected chi connectivity index (χ3v) is 3.58. The van der Waals surface area contributed by atoms with Crippen LogP contribution in [0.15, 0.2) is 22.7 Å². The van der Waals surface area contributed by atoms with Crippen LogP contribution in [0.2, 0.25) is 0 Å². The fourth-order valence-corrected chi connectivity index (χ4v) is 2.39. The van der Waals surface area contributed by atoms with Crippen LogP contribution < -0.4 is 5.32 Å². The summed E-state index contributed by atoms with van der Waals surface area (Å²) in [6.07, 6.45) is 2.28. The maximum Gasteiger partial charge on any atom is 0.241 e. The molecule has 17 heavy (non-hydrogen) atoms. The van der Waals surface area contributed by atoms with Crippen molar-refractivity contribution in [2.75, 3.05) is 25.0 Å². The van der Waals surface area contributed by atoms with Crippen LogP contribution in [0.1, 0.15) is 18.4 Å². The number of hydrogen-bond acceptors (Lipinski definition) is 2. The number of nitrogens with zero attached hydrogens (tertiary/aromatic N) is 1. The Labute approximate surface area is 110 Å². The predicted octanol–water partition coefficient (Wildman–Crippen LogP) is 2.79. The Morgan fingerprint density at radius 1 is 1.41 bits per heavy atom. The van der Waals surface area contributed by atoms with Gasteiger partial charge < -0.3 is 10.2 Å². The molecule has 0 unspecified atom stereocenters. The highest BCUT2D eigenvalue weighted by Gasteiger charge is 2.17. The lowest BCUT2D eigenvalue weighted by Gasteiger charge is -2.16. The zero-order valence-corrected chi connectivity index (χ0v) is 11.6. The zero-order valence-electron chi connectivity index (χ0n) is 10.0. The molecule has 1 aliphatic heterocycles. The van der Waals surface area contributed by atoms with Crippen molar-refractivity contribution in [2.45, 2.75) is 19.8 Å². The molecule has 1 N–H and O–H groups in total. The van der Waals surface area contributed by atoms with Gasteiger partial charge in [0.2, 0.25) is 5.91 Å². The monoisotopic (exact) mass is 296 g/mol. The van der Waals surface area contributed by atoms with Gasteiger partial charge in [-0.3, -0.25) is 4.79 Å². The fourth-order valence-electron chi connectivity index (χ4n) is 2.03. The van der Waals surface area contributed by atoms with Crippen molar-refractivity contribution in [2.24, 2.45) is 0 Å². The van der Waals surface area contributed by atoms with Crippen LogP contribution in [0, 0.1) is 6.92 Å². The van der Waals surface area contributed by atoms with E-state index < -0.39 is 0 Å². The fraction of sp³-hybridized carbons (Fsp3) is 0.462. The summed E-state index contributed by atoms with van der Waals surface area (Å²) in [7, 11) is 0. The van der Waals surface area contributed by atoms with E-state index in [2.05, 4.69) is 21.2 Å². The molecule has 1 amide bonds. The molecule has 0 aliphatic carbocycles.